The van der Waals surface area contributed by atoms with Gasteiger partial charge in [-0.3, -0.25) is 4.79 Å². The van der Waals surface area contributed by atoms with Crippen molar-refractivity contribution in [3.05, 3.63) is 52.5 Å². The fraction of sp³-hybridized carbons (Fsp3) is 0.316. The first-order valence-electron chi connectivity index (χ1n) is 8.15. The number of hydrogen-bond donors (Lipinski definition) is 1. The summed E-state index contributed by atoms with van der Waals surface area (Å²) >= 11 is 3.53. The second-order valence-corrected chi connectivity index (χ2v) is 6.63. The van der Waals surface area contributed by atoms with Crippen LogP contribution in [0.15, 0.2) is 46.9 Å². The van der Waals surface area contributed by atoms with Crippen LogP contribution < -0.4 is 14.8 Å². The van der Waals surface area contributed by atoms with E-state index in [1.165, 1.54) is 5.56 Å². The maximum absolute atomic E-state index is 12.4. The maximum atomic E-state index is 12.4. The first-order valence-corrected chi connectivity index (χ1v) is 8.94. The molecule has 1 aliphatic rings. The monoisotopic (exact) mass is 389 g/mol. The SMILES string of the molecule is CCCCc1ccc(NC(=O)C2COc3ccccc3O2)c(Br)c1. The van der Waals surface area contributed by atoms with Crippen LogP contribution in [0.2, 0.25) is 0 Å². The van der Waals surface area contributed by atoms with Crippen LogP contribution in [0.3, 0.4) is 0 Å². The molecule has 0 fully saturated rings. The van der Waals surface area contributed by atoms with Gasteiger partial charge in [-0.25, -0.2) is 0 Å². The lowest BCUT2D eigenvalue weighted by atomic mass is 10.1. The molecule has 0 aromatic heterocycles. The van der Waals surface area contributed by atoms with Gasteiger partial charge in [0.05, 0.1) is 5.69 Å². The summed E-state index contributed by atoms with van der Waals surface area (Å²) in [6.45, 7) is 2.38. The molecule has 24 heavy (non-hydrogen) atoms. The molecule has 0 radical (unpaired) electrons. The van der Waals surface area contributed by atoms with Crippen LogP contribution in [0, 0.1) is 0 Å². The Labute approximate surface area is 150 Å². The third-order valence-corrected chi connectivity index (χ3v) is 4.57. The van der Waals surface area contributed by atoms with Crippen molar-refractivity contribution in [2.45, 2.75) is 32.3 Å². The number of rotatable bonds is 5. The number of amides is 1. The Morgan fingerprint density at radius 2 is 2.04 bits per heavy atom. The number of para-hydroxylation sites is 2. The molecule has 0 aliphatic carbocycles. The Hall–Kier alpha value is -2.01. The van der Waals surface area contributed by atoms with Crippen LogP contribution in [0.25, 0.3) is 0 Å². The summed E-state index contributed by atoms with van der Waals surface area (Å²) in [5.74, 6) is 1.05. The van der Waals surface area contributed by atoms with E-state index in [-0.39, 0.29) is 12.5 Å². The number of halogens is 1. The predicted octanol–water partition coefficient (Wildman–Crippen LogP) is 4.57. The molecule has 5 heteroatoms. The smallest absolute Gasteiger partial charge is 0.269 e. The number of benzene rings is 2. The van der Waals surface area contributed by atoms with Gasteiger partial charge in [-0.2, -0.15) is 0 Å². The van der Waals surface area contributed by atoms with E-state index in [0.717, 1.165) is 29.4 Å². The van der Waals surface area contributed by atoms with Crippen LogP contribution in [-0.2, 0) is 11.2 Å². The normalized spacial score (nSPS) is 15.8. The van der Waals surface area contributed by atoms with Gasteiger partial charge < -0.3 is 14.8 Å². The van der Waals surface area contributed by atoms with Crippen molar-refractivity contribution in [2.75, 3.05) is 11.9 Å². The Kier molecular flexibility index (Phi) is 5.41. The van der Waals surface area contributed by atoms with E-state index in [1.807, 2.05) is 30.3 Å². The lowest BCUT2D eigenvalue weighted by Crippen LogP contribution is -2.40. The van der Waals surface area contributed by atoms with Gasteiger partial charge in [0.2, 0.25) is 6.10 Å². The van der Waals surface area contributed by atoms with Crippen LogP contribution in [0.4, 0.5) is 5.69 Å². The van der Waals surface area contributed by atoms with Gasteiger partial charge in [-0.05, 0) is 58.6 Å². The molecule has 0 saturated carbocycles. The Bertz CT molecular complexity index is 732. The summed E-state index contributed by atoms with van der Waals surface area (Å²) in [5.41, 5.74) is 2.00. The van der Waals surface area contributed by atoms with Crippen LogP contribution >= 0.6 is 15.9 Å². The fourth-order valence-corrected chi connectivity index (χ4v) is 3.08. The average Bonchev–Trinajstić information content (AvgIpc) is 2.61. The summed E-state index contributed by atoms with van der Waals surface area (Å²) in [7, 11) is 0. The highest BCUT2D eigenvalue weighted by molar-refractivity contribution is 9.10. The number of carbonyl (C=O) groups excluding carboxylic acids is 1. The molecule has 0 spiro atoms. The van der Waals surface area contributed by atoms with E-state index in [2.05, 4.69) is 34.2 Å². The number of unbranched alkanes of at least 4 members (excludes halogenated alkanes) is 1. The number of hydrogen-bond acceptors (Lipinski definition) is 3. The van der Waals surface area contributed by atoms with Crippen LogP contribution in [0.5, 0.6) is 11.5 Å². The summed E-state index contributed by atoms with van der Waals surface area (Å²) in [6, 6.07) is 13.4. The van der Waals surface area contributed by atoms with Crippen LogP contribution in [0.1, 0.15) is 25.3 Å². The number of ether oxygens (including phenoxy) is 2. The predicted molar refractivity (Wildman–Crippen MR) is 97.7 cm³/mol. The van der Waals surface area contributed by atoms with Crippen LogP contribution in [-0.4, -0.2) is 18.6 Å². The van der Waals surface area contributed by atoms with Gasteiger partial charge in [0, 0.05) is 4.47 Å². The van der Waals surface area contributed by atoms with E-state index in [9.17, 15) is 4.79 Å². The van der Waals surface area contributed by atoms with E-state index in [1.54, 1.807) is 6.07 Å². The van der Waals surface area contributed by atoms with Crippen molar-refractivity contribution in [2.24, 2.45) is 0 Å². The molecular weight excluding hydrogens is 370 g/mol. The number of fused-ring (bicyclic) bond motifs is 1. The lowest BCUT2D eigenvalue weighted by molar-refractivity contribution is -0.125. The van der Waals surface area contributed by atoms with E-state index in [0.29, 0.717) is 11.5 Å². The number of carbonyl (C=O) groups is 1. The highest BCUT2D eigenvalue weighted by Gasteiger charge is 2.27. The standard InChI is InChI=1S/C19H20BrNO3/c1-2-3-6-13-9-10-15(14(20)11-13)21-19(22)18-12-23-16-7-4-5-8-17(16)24-18/h4-5,7-11,18H,2-3,6,12H2,1H3,(H,21,22). The fourth-order valence-electron chi connectivity index (χ4n) is 2.56. The molecule has 3 rings (SSSR count). The first-order chi connectivity index (χ1) is 11.7. The zero-order chi connectivity index (χ0) is 16.9. The largest absolute Gasteiger partial charge is 0.485 e. The van der Waals surface area contributed by atoms with Gasteiger partial charge in [0.15, 0.2) is 11.5 Å². The minimum absolute atomic E-state index is 0.203. The van der Waals surface area contributed by atoms with Crippen molar-refractivity contribution < 1.29 is 14.3 Å². The quantitative estimate of drug-likeness (QED) is 0.814. The molecule has 1 aliphatic heterocycles. The van der Waals surface area contributed by atoms with E-state index in [4.69, 9.17) is 9.47 Å². The van der Waals surface area contributed by atoms with Gasteiger partial charge >= 0.3 is 0 Å². The van der Waals surface area contributed by atoms with Gasteiger partial charge in [0.1, 0.15) is 6.61 Å². The third-order valence-electron chi connectivity index (χ3n) is 3.91. The molecule has 4 nitrogen and oxygen atoms in total. The van der Waals surface area contributed by atoms with E-state index < -0.39 is 6.10 Å². The molecule has 1 heterocycles. The minimum Gasteiger partial charge on any atom is -0.485 e. The highest BCUT2D eigenvalue weighted by atomic mass is 79.9. The summed E-state index contributed by atoms with van der Waals surface area (Å²) < 4.78 is 12.2. The number of anilines is 1. The zero-order valence-electron chi connectivity index (χ0n) is 13.5. The summed E-state index contributed by atoms with van der Waals surface area (Å²) in [4.78, 5) is 12.4. The Balaban J connectivity index is 1.65. The minimum atomic E-state index is -0.661. The molecule has 1 N–H and O–H groups in total. The molecule has 0 saturated heterocycles. The van der Waals surface area contributed by atoms with Crippen molar-refractivity contribution in [3.8, 4) is 11.5 Å². The highest BCUT2D eigenvalue weighted by Crippen LogP contribution is 2.31. The second-order valence-electron chi connectivity index (χ2n) is 5.77. The molecule has 0 bridgehead atoms. The Morgan fingerprint density at radius 1 is 1.25 bits per heavy atom. The first kappa shape index (κ1) is 16.8. The molecule has 2 aromatic carbocycles. The van der Waals surface area contributed by atoms with E-state index >= 15 is 0 Å². The molecule has 1 atom stereocenters. The summed E-state index contributed by atoms with van der Waals surface area (Å²) in [6.07, 6.45) is 2.70. The summed E-state index contributed by atoms with van der Waals surface area (Å²) in [5, 5.41) is 2.90. The molecule has 2 aromatic rings. The number of nitrogens with one attached hydrogen (secondary N) is 1. The van der Waals surface area contributed by atoms with Gasteiger partial charge in [-0.1, -0.05) is 31.5 Å². The topological polar surface area (TPSA) is 47.6 Å². The molecular formula is C19H20BrNO3. The van der Waals surface area contributed by atoms with Crippen molar-refractivity contribution in [3.63, 3.8) is 0 Å². The molecule has 126 valence electrons. The average molecular weight is 390 g/mol. The zero-order valence-corrected chi connectivity index (χ0v) is 15.1. The molecule has 1 amide bonds. The maximum Gasteiger partial charge on any atom is 0.269 e. The van der Waals surface area contributed by atoms with Crippen molar-refractivity contribution >= 4 is 27.5 Å². The Morgan fingerprint density at radius 3 is 2.79 bits per heavy atom. The third kappa shape index (κ3) is 3.90. The molecule has 1 unspecified atom stereocenters. The van der Waals surface area contributed by atoms with Crippen molar-refractivity contribution in [1.82, 2.24) is 0 Å². The van der Waals surface area contributed by atoms with Crippen molar-refractivity contribution in [1.29, 1.82) is 0 Å². The number of aryl methyl sites for hydroxylation is 1. The van der Waals surface area contributed by atoms with Gasteiger partial charge in [0.25, 0.3) is 5.91 Å². The lowest BCUT2D eigenvalue weighted by Gasteiger charge is -2.25. The second kappa shape index (κ2) is 7.71. The van der Waals surface area contributed by atoms with Gasteiger partial charge in [-0.15, -0.1) is 0 Å².